The zero-order valence-corrected chi connectivity index (χ0v) is 10.9. The molecule has 0 aliphatic carbocycles. The summed E-state index contributed by atoms with van der Waals surface area (Å²) in [6, 6.07) is 4.99. The second-order valence-electron chi connectivity index (χ2n) is 3.82. The Balaban J connectivity index is 2.69. The Hall–Kier alpha value is -2.01. The van der Waals surface area contributed by atoms with Crippen LogP contribution in [0.5, 0.6) is 11.5 Å². The van der Waals surface area contributed by atoms with Crippen molar-refractivity contribution >= 4 is 23.5 Å². The number of H-pyrrole nitrogens is 1. The molecule has 1 aromatic heterocycles. The van der Waals surface area contributed by atoms with Crippen molar-refractivity contribution in [1.29, 1.82) is 0 Å². The fourth-order valence-electron chi connectivity index (χ4n) is 1.67. The maximum Gasteiger partial charge on any atom is 0.266 e. The zero-order chi connectivity index (χ0) is 13.3. The lowest BCUT2D eigenvalue weighted by Gasteiger charge is -2.06. The summed E-state index contributed by atoms with van der Waals surface area (Å²) in [6.45, 7) is 5.56. The van der Waals surface area contributed by atoms with E-state index in [0.29, 0.717) is 14.9 Å². The van der Waals surface area contributed by atoms with Crippen LogP contribution in [0.2, 0.25) is 0 Å². The topological polar surface area (TPSA) is 62.3 Å². The Morgan fingerprint density at radius 1 is 1.50 bits per heavy atom. The van der Waals surface area contributed by atoms with Crippen molar-refractivity contribution < 1.29 is 9.84 Å². The van der Waals surface area contributed by atoms with E-state index >= 15 is 0 Å². The molecule has 0 bridgehead atoms. The molecule has 0 saturated heterocycles. The second-order valence-corrected chi connectivity index (χ2v) is 4.93. The first-order valence-corrected chi connectivity index (χ1v) is 6.11. The Morgan fingerprint density at radius 2 is 2.22 bits per heavy atom. The first kappa shape index (κ1) is 12.4. The number of rotatable bonds is 2. The molecule has 2 rings (SSSR count). The number of phenolic OH excluding ortho intramolecular Hbond substituents is 1. The van der Waals surface area contributed by atoms with E-state index in [4.69, 9.17) is 4.74 Å². The summed E-state index contributed by atoms with van der Waals surface area (Å²) in [6.07, 6.45) is 0. The number of hydrogen-bond donors (Lipinski definition) is 2. The van der Waals surface area contributed by atoms with Gasteiger partial charge >= 0.3 is 0 Å². The molecule has 1 aromatic carbocycles. The van der Waals surface area contributed by atoms with Crippen LogP contribution in [-0.2, 0) is 0 Å². The number of ether oxygens (including phenoxy) is 1. The SMILES string of the molecule is C=c1[nH]c(=O)/c(=C(/C)c2ccc(O)c(OC)c2)s1. The molecule has 18 heavy (non-hydrogen) atoms. The van der Waals surface area contributed by atoms with Gasteiger partial charge in [0.2, 0.25) is 0 Å². The van der Waals surface area contributed by atoms with Gasteiger partial charge in [-0.25, -0.2) is 0 Å². The van der Waals surface area contributed by atoms with Crippen LogP contribution < -0.4 is 19.5 Å². The predicted octanol–water partition coefficient (Wildman–Crippen LogP) is 0.780. The predicted molar refractivity (Wildman–Crippen MR) is 72.6 cm³/mol. The third-order valence-corrected chi connectivity index (χ3v) is 3.68. The highest BCUT2D eigenvalue weighted by atomic mass is 32.1. The van der Waals surface area contributed by atoms with E-state index in [0.717, 1.165) is 11.1 Å². The monoisotopic (exact) mass is 263 g/mol. The van der Waals surface area contributed by atoms with Crippen molar-refractivity contribution in [2.75, 3.05) is 7.11 Å². The number of methoxy groups -OCH3 is 1. The first-order valence-electron chi connectivity index (χ1n) is 5.29. The minimum Gasteiger partial charge on any atom is -0.504 e. The molecule has 0 aliphatic rings. The molecular weight excluding hydrogens is 250 g/mol. The normalized spacial score (nSPS) is 12.3. The Kier molecular flexibility index (Phi) is 3.25. The molecule has 0 fully saturated rings. The molecule has 4 nitrogen and oxygen atoms in total. The van der Waals surface area contributed by atoms with Crippen molar-refractivity contribution in [1.82, 2.24) is 4.98 Å². The van der Waals surface area contributed by atoms with E-state index in [2.05, 4.69) is 11.6 Å². The molecule has 0 atom stereocenters. The quantitative estimate of drug-likeness (QED) is 0.841. The minimum absolute atomic E-state index is 0.0759. The van der Waals surface area contributed by atoms with Gasteiger partial charge in [0, 0.05) is 0 Å². The van der Waals surface area contributed by atoms with Crippen LogP contribution in [-0.4, -0.2) is 17.2 Å². The van der Waals surface area contributed by atoms with Crippen LogP contribution in [0.4, 0.5) is 0 Å². The van der Waals surface area contributed by atoms with Crippen LogP contribution in [0.1, 0.15) is 12.5 Å². The molecule has 0 saturated carbocycles. The molecule has 94 valence electrons. The number of hydrogen-bond acceptors (Lipinski definition) is 4. The summed E-state index contributed by atoms with van der Waals surface area (Å²) in [4.78, 5) is 14.3. The number of aromatic nitrogens is 1. The number of aromatic amines is 1. The largest absolute Gasteiger partial charge is 0.504 e. The Bertz CT molecular complexity index is 742. The third-order valence-electron chi connectivity index (χ3n) is 2.64. The summed E-state index contributed by atoms with van der Waals surface area (Å²) in [7, 11) is 1.49. The smallest absolute Gasteiger partial charge is 0.266 e. The van der Waals surface area contributed by atoms with Gasteiger partial charge in [0.25, 0.3) is 5.56 Å². The Labute approximate surface area is 107 Å². The number of nitrogens with one attached hydrogen (secondary N) is 1. The summed E-state index contributed by atoms with van der Waals surface area (Å²) < 4.78 is 6.29. The van der Waals surface area contributed by atoms with Gasteiger partial charge in [-0.3, -0.25) is 4.79 Å². The van der Waals surface area contributed by atoms with Gasteiger partial charge in [0.15, 0.2) is 11.5 Å². The lowest BCUT2D eigenvalue weighted by molar-refractivity contribution is 0.373. The Morgan fingerprint density at radius 3 is 2.78 bits per heavy atom. The lowest BCUT2D eigenvalue weighted by Crippen LogP contribution is -2.22. The zero-order valence-electron chi connectivity index (χ0n) is 10.1. The summed E-state index contributed by atoms with van der Waals surface area (Å²) in [5, 5.41) is 9.54. The van der Waals surface area contributed by atoms with Crippen molar-refractivity contribution in [2.24, 2.45) is 0 Å². The van der Waals surface area contributed by atoms with E-state index < -0.39 is 0 Å². The maximum absolute atomic E-state index is 11.7. The highest BCUT2D eigenvalue weighted by Crippen LogP contribution is 2.28. The van der Waals surface area contributed by atoms with Gasteiger partial charge in [-0.05, 0) is 30.2 Å². The molecule has 0 spiro atoms. The fraction of sp³-hybridized carbons (Fsp3) is 0.154. The fourth-order valence-corrected chi connectivity index (χ4v) is 2.47. The van der Waals surface area contributed by atoms with Crippen molar-refractivity contribution in [2.45, 2.75) is 6.92 Å². The van der Waals surface area contributed by atoms with Gasteiger partial charge < -0.3 is 14.8 Å². The van der Waals surface area contributed by atoms with Crippen molar-refractivity contribution in [3.05, 3.63) is 43.3 Å². The number of benzene rings is 1. The molecule has 0 radical (unpaired) electrons. The van der Waals surface area contributed by atoms with Crippen LogP contribution >= 0.6 is 11.3 Å². The van der Waals surface area contributed by atoms with E-state index in [-0.39, 0.29) is 11.3 Å². The van der Waals surface area contributed by atoms with Crippen molar-refractivity contribution in [3.8, 4) is 11.5 Å². The standard InChI is InChI=1S/C13H13NO3S/c1-7(12-13(16)14-8(2)18-12)9-4-5-10(15)11(6-9)17-3/h4-6,15H,2H2,1,3H3,(H,14,16)/b12-7+. The van der Waals surface area contributed by atoms with Crippen LogP contribution in [0.15, 0.2) is 23.0 Å². The molecule has 0 amide bonds. The van der Waals surface area contributed by atoms with E-state index in [1.165, 1.54) is 18.4 Å². The van der Waals surface area contributed by atoms with E-state index in [1.54, 1.807) is 18.2 Å². The maximum atomic E-state index is 11.7. The summed E-state index contributed by atoms with van der Waals surface area (Å²) >= 11 is 1.32. The highest BCUT2D eigenvalue weighted by molar-refractivity contribution is 7.07. The van der Waals surface area contributed by atoms with Crippen LogP contribution in [0, 0.1) is 0 Å². The molecule has 1 heterocycles. The minimum atomic E-state index is -0.144. The lowest BCUT2D eigenvalue weighted by atomic mass is 10.1. The molecule has 5 heteroatoms. The van der Waals surface area contributed by atoms with Gasteiger partial charge in [0.05, 0.1) is 16.3 Å². The molecule has 2 N–H and O–H groups in total. The molecular formula is C13H13NO3S. The van der Waals surface area contributed by atoms with E-state index in [1.807, 2.05) is 6.92 Å². The van der Waals surface area contributed by atoms with Gasteiger partial charge in [0.1, 0.15) is 0 Å². The van der Waals surface area contributed by atoms with Crippen LogP contribution in [0.25, 0.3) is 12.2 Å². The first-order chi connectivity index (χ1) is 8.52. The average Bonchev–Trinajstić information content (AvgIpc) is 2.68. The second kappa shape index (κ2) is 4.70. The highest BCUT2D eigenvalue weighted by Gasteiger charge is 2.06. The number of aromatic hydroxyl groups is 1. The molecule has 0 aliphatic heterocycles. The van der Waals surface area contributed by atoms with Crippen molar-refractivity contribution in [3.63, 3.8) is 0 Å². The molecule has 2 aromatic rings. The third kappa shape index (κ3) is 2.17. The van der Waals surface area contributed by atoms with Gasteiger partial charge in [-0.2, -0.15) is 0 Å². The average molecular weight is 263 g/mol. The van der Waals surface area contributed by atoms with Gasteiger partial charge in [-0.15, -0.1) is 11.3 Å². The summed E-state index contributed by atoms with van der Waals surface area (Å²) in [5.41, 5.74) is 1.51. The molecule has 0 unspecified atom stereocenters. The number of thiazole rings is 1. The van der Waals surface area contributed by atoms with Gasteiger partial charge in [-0.1, -0.05) is 12.6 Å². The number of phenols is 1. The van der Waals surface area contributed by atoms with E-state index in [9.17, 15) is 9.90 Å². The summed E-state index contributed by atoms with van der Waals surface area (Å²) in [5.74, 6) is 0.460. The van der Waals surface area contributed by atoms with Crippen LogP contribution in [0.3, 0.4) is 0 Å².